The number of methoxy groups -OCH3 is 1. The number of ether oxygens (including phenoxy) is 1. The molecule has 5 heteroatoms. The van der Waals surface area contributed by atoms with Crippen LogP contribution in [0.4, 0.5) is 0 Å². The van der Waals surface area contributed by atoms with E-state index in [1.165, 1.54) is 17.5 Å². The number of fused-ring (bicyclic) bond motifs is 4. The van der Waals surface area contributed by atoms with E-state index in [2.05, 4.69) is 53.9 Å². The second-order valence-electron chi connectivity index (χ2n) is 11.8. The molecule has 1 aromatic rings. The molecule has 2 bridgehead atoms. The van der Waals surface area contributed by atoms with Gasteiger partial charge in [-0.3, -0.25) is 4.79 Å². The molecule has 1 aromatic carbocycles. The second-order valence-corrected chi connectivity index (χ2v) is 11.8. The number of rotatable bonds is 4. The smallest absolute Gasteiger partial charge is 0.227 e. The Morgan fingerprint density at radius 1 is 1.22 bits per heavy atom. The van der Waals surface area contributed by atoms with Crippen LogP contribution in [0.1, 0.15) is 58.1 Å². The van der Waals surface area contributed by atoms with E-state index in [0.717, 1.165) is 51.2 Å². The van der Waals surface area contributed by atoms with Crippen molar-refractivity contribution in [2.24, 2.45) is 11.3 Å². The molecule has 0 N–H and O–H groups in total. The maximum Gasteiger partial charge on any atom is 0.227 e. The average Bonchev–Trinajstić information content (AvgIpc) is 2.75. The van der Waals surface area contributed by atoms with Crippen molar-refractivity contribution in [2.45, 2.75) is 70.9 Å². The van der Waals surface area contributed by atoms with Gasteiger partial charge < -0.3 is 19.4 Å². The van der Waals surface area contributed by atoms with E-state index < -0.39 is 0 Å². The Balaban J connectivity index is 1.50. The Morgan fingerprint density at radius 3 is 2.53 bits per heavy atom. The minimum absolute atomic E-state index is 0.136. The van der Waals surface area contributed by atoms with Crippen LogP contribution in [0.2, 0.25) is 0 Å². The van der Waals surface area contributed by atoms with Crippen LogP contribution in [-0.2, 0) is 16.6 Å². The van der Waals surface area contributed by atoms with E-state index in [1.807, 2.05) is 20.8 Å². The fourth-order valence-corrected chi connectivity index (χ4v) is 6.66. The van der Waals surface area contributed by atoms with Crippen LogP contribution in [0.15, 0.2) is 18.2 Å². The summed E-state index contributed by atoms with van der Waals surface area (Å²) >= 11 is 0. The zero-order chi connectivity index (χ0) is 23.3. The summed E-state index contributed by atoms with van der Waals surface area (Å²) in [5, 5.41) is 0. The lowest BCUT2D eigenvalue weighted by Crippen LogP contribution is -2.66. The van der Waals surface area contributed by atoms with Crippen LogP contribution >= 0.6 is 0 Å². The van der Waals surface area contributed by atoms with Gasteiger partial charge in [0, 0.05) is 42.5 Å². The Hall–Kier alpha value is -1.59. The highest BCUT2D eigenvalue weighted by Crippen LogP contribution is 2.47. The number of hydrogen-bond donors (Lipinski definition) is 0. The highest BCUT2D eigenvalue weighted by Gasteiger charge is 2.51. The molecule has 1 amide bonds. The molecule has 0 saturated carbocycles. The molecule has 0 spiro atoms. The van der Waals surface area contributed by atoms with Crippen molar-refractivity contribution in [3.05, 3.63) is 29.3 Å². The van der Waals surface area contributed by atoms with Gasteiger partial charge in [-0.15, -0.1) is 0 Å². The molecule has 1 aliphatic carbocycles. The van der Waals surface area contributed by atoms with Crippen LogP contribution in [0.3, 0.4) is 0 Å². The van der Waals surface area contributed by atoms with Gasteiger partial charge in [-0.1, -0.05) is 33.8 Å². The van der Waals surface area contributed by atoms with Crippen molar-refractivity contribution in [2.75, 3.05) is 47.4 Å². The molecule has 2 heterocycles. The normalized spacial score (nSPS) is 29.2. The first-order valence-electron chi connectivity index (χ1n) is 12.4. The number of carbonyl (C=O) groups is 1. The number of amides is 1. The molecule has 3 unspecified atom stereocenters. The molecule has 2 aliphatic heterocycles. The molecule has 0 aromatic heterocycles. The molecule has 3 atom stereocenters. The summed E-state index contributed by atoms with van der Waals surface area (Å²) in [7, 11) is 6.41. The fraction of sp³-hybridized carbons (Fsp3) is 0.741. The number of hydrogen-bond acceptors (Lipinski definition) is 4. The van der Waals surface area contributed by atoms with E-state index in [-0.39, 0.29) is 10.8 Å². The third kappa shape index (κ3) is 4.19. The Morgan fingerprint density at radius 2 is 1.91 bits per heavy atom. The van der Waals surface area contributed by atoms with E-state index in [1.54, 1.807) is 7.11 Å². The molecule has 2 fully saturated rings. The second kappa shape index (κ2) is 8.64. The van der Waals surface area contributed by atoms with Gasteiger partial charge in [-0.25, -0.2) is 0 Å². The number of benzene rings is 1. The third-order valence-corrected chi connectivity index (χ3v) is 8.49. The predicted molar refractivity (Wildman–Crippen MR) is 130 cm³/mol. The molecule has 0 radical (unpaired) electrons. The van der Waals surface area contributed by atoms with Crippen molar-refractivity contribution in [3.63, 3.8) is 0 Å². The maximum atomic E-state index is 12.7. The van der Waals surface area contributed by atoms with Crippen molar-refractivity contribution in [1.29, 1.82) is 0 Å². The SMILES string of the molecule is COc1ccc2c(c1)C1(C)CCN(C)C(C2)C1N(C)CC1CCN(C(=O)C(C)(C)C)CC1. The highest BCUT2D eigenvalue weighted by atomic mass is 16.5. The molecular weight excluding hydrogens is 398 g/mol. The summed E-state index contributed by atoms with van der Waals surface area (Å²) in [6.45, 7) is 12.6. The van der Waals surface area contributed by atoms with E-state index in [9.17, 15) is 4.79 Å². The maximum absolute atomic E-state index is 12.7. The van der Waals surface area contributed by atoms with Gasteiger partial charge in [0.15, 0.2) is 0 Å². The van der Waals surface area contributed by atoms with Crippen LogP contribution in [0.25, 0.3) is 0 Å². The molecule has 178 valence electrons. The van der Waals surface area contributed by atoms with Gasteiger partial charge in [0.05, 0.1) is 7.11 Å². The zero-order valence-electron chi connectivity index (χ0n) is 21.3. The summed E-state index contributed by atoms with van der Waals surface area (Å²) < 4.78 is 5.60. The van der Waals surface area contributed by atoms with Crippen LogP contribution in [0.5, 0.6) is 5.75 Å². The largest absolute Gasteiger partial charge is 0.497 e. The summed E-state index contributed by atoms with van der Waals surface area (Å²) in [6, 6.07) is 7.75. The number of carbonyl (C=O) groups excluding carboxylic acids is 1. The first-order valence-corrected chi connectivity index (χ1v) is 12.4. The Bertz CT molecular complexity index is 840. The van der Waals surface area contributed by atoms with Crippen molar-refractivity contribution in [1.82, 2.24) is 14.7 Å². The quantitative estimate of drug-likeness (QED) is 0.712. The lowest BCUT2D eigenvalue weighted by atomic mass is 9.61. The molecule has 4 rings (SSSR count). The lowest BCUT2D eigenvalue weighted by molar-refractivity contribution is -0.141. The number of likely N-dealkylation sites (tertiary alicyclic amines) is 2. The first kappa shape index (κ1) is 23.6. The zero-order valence-corrected chi connectivity index (χ0v) is 21.3. The fourth-order valence-electron chi connectivity index (χ4n) is 6.66. The van der Waals surface area contributed by atoms with Crippen LogP contribution in [-0.4, -0.2) is 80.1 Å². The van der Waals surface area contributed by atoms with Crippen molar-refractivity contribution >= 4 is 5.91 Å². The van der Waals surface area contributed by atoms with Gasteiger partial charge >= 0.3 is 0 Å². The van der Waals surface area contributed by atoms with Crippen LogP contribution in [0, 0.1) is 11.3 Å². The molecule has 32 heavy (non-hydrogen) atoms. The summed E-state index contributed by atoms with van der Waals surface area (Å²) in [4.78, 5) is 20.0. The van der Waals surface area contributed by atoms with E-state index >= 15 is 0 Å². The minimum atomic E-state index is -0.281. The Kier molecular flexibility index (Phi) is 6.36. The molecule has 5 nitrogen and oxygen atoms in total. The molecular formula is C27H43N3O2. The van der Waals surface area contributed by atoms with Gasteiger partial charge in [-0.05, 0) is 75.5 Å². The van der Waals surface area contributed by atoms with Gasteiger partial charge in [0.25, 0.3) is 0 Å². The van der Waals surface area contributed by atoms with Crippen molar-refractivity contribution in [3.8, 4) is 5.75 Å². The van der Waals surface area contributed by atoms with Gasteiger partial charge in [-0.2, -0.15) is 0 Å². The Labute approximate surface area is 195 Å². The number of piperidine rings is 2. The topological polar surface area (TPSA) is 36.0 Å². The number of likely N-dealkylation sites (N-methyl/N-ethyl adjacent to an activating group) is 2. The van der Waals surface area contributed by atoms with Gasteiger partial charge in [0.1, 0.15) is 5.75 Å². The lowest BCUT2D eigenvalue weighted by Gasteiger charge is -2.58. The summed E-state index contributed by atoms with van der Waals surface area (Å²) in [5.41, 5.74) is 2.83. The third-order valence-electron chi connectivity index (χ3n) is 8.49. The standard InChI is InChI=1S/C27H43N3O2/c1-26(2,3)25(31)30-13-10-19(11-14-30)18-29(6)24-23-16-20-8-9-21(32-7)17-22(20)27(24,4)12-15-28(23)5/h8-9,17,19,23-24H,10-16,18H2,1-7H3. The first-order chi connectivity index (χ1) is 15.0. The summed E-state index contributed by atoms with van der Waals surface area (Å²) in [6.07, 6.45) is 4.51. The highest BCUT2D eigenvalue weighted by molar-refractivity contribution is 5.81. The predicted octanol–water partition coefficient (Wildman–Crippen LogP) is 3.80. The molecule has 2 saturated heterocycles. The van der Waals surface area contributed by atoms with Crippen LogP contribution < -0.4 is 4.74 Å². The van der Waals surface area contributed by atoms with Gasteiger partial charge in [0.2, 0.25) is 5.91 Å². The van der Waals surface area contributed by atoms with E-state index in [4.69, 9.17) is 4.74 Å². The average molecular weight is 442 g/mol. The van der Waals surface area contributed by atoms with E-state index in [0.29, 0.717) is 23.9 Å². The monoisotopic (exact) mass is 441 g/mol. The molecule has 3 aliphatic rings. The summed E-state index contributed by atoms with van der Waals surface area (Å²) in [5.74, 6) is 1.93. The minimum Gasteiger partial charge on any atom is -0.497 e. The number of nitrogens with zero attached hydrogens (tertiary/aromatic N) is 3. The van der Waals surface area contributed by atoms with Crippen molar-refractivity contribution < 1.29 is 9.53 Å².